The Morgan fingerprint density at radius 3 is 2.43 bits per heavy atom. The predicted molar refractivity (Wildman–Crippen MR) is 139 cm³/mol. The van der Waals surface area contributed by atoms with Crippen molar-refractivity contribution in [3.8, 4) is 5.75 Å². The number of nitrogens with one attached hydrogen (secondary N) is 2. The number of carbonyl (C=O) groups is 2. The number of hydrogen-bond donors (Lipinski definition) is 2. The molecule has 3 aromatic rings. The fourth-order valence-corrected chi connectivity index (χ4v) is 4.50. The highest BCUT2D eigenvalue weighted by Gasteiger charge is 2.15. The molecule has 184 valence electrons. The molecule has 9 heteroatoms. The Kier molecular flexibility index (Phi) is 9.08. The van der Waals surface area contributed by atoms with Crippen molar-refractivity contribution in [2.45, 2.75) is 38.9 Å². The fraction of sp³-hybridized carbons (Fsp3) is 0.308. The monoisotopic (exact) mass is 493 g/mol. The molecule has 0 atom stereocenters. The van der Waals surface area contributed by atoms with Gasteiger partial charge in [0, 0.05) is 30.8 Å². The second-order valence-electron chi connectivity index (χ2n) is 8.14. The lowest BCUT2D eigenvalue weighted by atomic mass is 10.1. The van der Waals surface area contributed by atoms with Crippen molar-refractivity contribution in [3.63, 3.8) is 0 Å². The summed E-state index contributed by atoms with van der Waals surface area (Å²) in [5, 5.41) is 15.1. The highest BCUT2D eigenvalue weighted by atomic mass is 32.2. The molecule has 0 saturated heterocycles. The summed E-state index contributed by atoms with van der Waals surface area (Å²) in [5.74, 6) is 1.34. The maximum absolute atomic E-state index is 12.6. The number of methoxy groups -OCH3 is 1. The minimum absolute atomic E-state index is 0.105. The zero-order chi connectivity index (χ0) is 25.4. The van der Waals surface area contributed by atoms with Gasteiger partial charge in [-0.05, 0) is 56.2 Å². The summed E-state index contributed by atoms with van der Waals surface area (Å²) in [5.41, 5.74) is 4.64. The van der Waals surface area contributed by atoms with E-state index in [-0.39, 0.29) is 17.6 Å². The number of aryl methyl sites for hydroxylation is 3. The number of nitrogens with zero attached hydrogens (tertiary/aromatic N) is 3. The Morgan fingerprint density at radius 1 is 1.11 bits per heavy atom. The predicted octanol–water partition coefficient (Wildman–Crippen LogP) is 4.10. The van der Waals surface area contributed by atoms with Crippen molar-refractivity contribution in [2.75, 3.05) is 24.7 Å². The van der Waals surface area contributed by atoms with Crippen LogP contribution in [0.5, 0.6) is 5.75 Å². The lowest BCUT2D eigenvalue weighted by Gasteiger charge is -2.13. The average molecular weight is 494 g/mol. The molecule has 0 radical (unpaired) electrons. The zero-order valence-corrected chi connectivity index (χ0v) is 21.4. The molecule has 0 saturated carbocycles. The van der Waals surface area contributed by atoms with Gasteiger partial charge >= 0.3 is 0 Å². The van der Waals surface area contributed by atoms with Crippen LogP contribution in [0.2, 0.25) is 0 Å². The lowest BCUT2D eigenvalue weighted by Crippen LogP contribution is -2.26. The maximum atomic E-state index is 12.6. The first kappa shape index (κ1) is 26.0. The zero-order valence-electron chi connectivity index (χ0n) is 20.6. The molecule has 0 bridgehead atoms. The van der Waals surface area contributed by atoms with Gasteiger partial charge in [-0.25, -0.2) is 0 Å². The molecule has 0 unspecified atom stereocenters. The van der Waals surface area contributed by atoms with Gasteiger partial charge in [0.15, 0.2) is 5.16 Å². The first-order valence-electron chi connectivity index (χ1n) is 11.3. The Labute approximate surface area is 210 Å². The minimum atomic E-state index is -0.171. The first-order valence-corrected chi connectivity index (χ1v) is 12.3. The SMILES string of the molecule is C=CCn1c(CCNC(=O)c2ccc(OC)cc2)nnc1SCC(=O)Nc1c(C)cc(C)cc1C. The van der Waals surface area contributed by atoms with Crippen LogP contribution >= 0.6 is 11.8 Å². The van der Waals surface area contributed by atoms with Crippen LogP contribution in [0.3, 0.4) is 0 Å². The van der Waals surface area contributed by atoms with Crippen LogP contribution in [-0.2, 0) is 17.8 Å². The third kappa shape index (κ3) is 6.95. The third-order valence-corrected chi connectivity index (χ3v) is 6.33. The molecule has 0 spiro atoms. The van der Waals surface area contributed by atoms with Crippen LogP contribution in [0.25, 0.3) is 0 Å². The van der Waals surface area contributed by atoms with Crippen molar-refractivity contribution in [3.05, 3.63) is 77.1 Å². The largest absolute Gasteiger partial charge is 0.497 e. The van der Waals surface area contributed by atoms with E-state index in [9.17, 15) is 9.59 Å². The number of thioether (sulfide) groups is 1. The molecule has 8 nitrogen and oxygen atoms in total. The number of hydrogen-bond acceptors (Lipinski definition) is 6. The van der Waals surface area contributed by atoms with Gasteiger partial charge in [-0.3, -0.25) is 9.59 Å². The van der Waals surface area contributed by atoms with E-state index >= 15 is 0 Å². The van der Waals surface area contributed by atoms with Gasteiger partial charge in [0.25, 0.3) is 5.91 Å². The molecule has 1 heterocycles. The van der Waals surface area contributed by atoms with E-state index in [1.165, 1.54) is 11.8 Å². The lowest BCUT2D eigenvalue weighted by molar-refractivity contribution is -0.113. The molecule has 1 aromatic heterocycles. The minimum Gasteiger partial charge on any atom is -0.497 e. The number of anilines is 1. The molecule has 2 amide bonds. The van der Waals surface area contributed by atoms with Crippen LogP contribution in [0.15, 0.2) is 54.2 Å². The molecule has 2 aromatic carbocycles. The highest BCUT2D eigenvalue weighted by molar-refractivity contribution is 7.99. The number of rotatable bonds is 11. The summed E-state index contributed by atoms with van der Waals surface area (Å²) in [6, 6.07) is 11.0. The number of benzene rings is 2. The standard InChI is InChI=1S/C26H31N5O3S/c1-6-13-31-22(11-12-27-25(33)20-7-9-21(34-5)10-8-20)29-30-26(31)35-16-23(32)28-24-18(3)14-17(2)15-19(24)4/h6-10,14-15H,1,11-13,16H2,2-5H3,(H,27,33)(H,28,32). The molecular weight excluding hydrogens is 462 g/mol. The number of ether oxygens (including phenoxy) is 1. The van der Waals surface area contributed by atoms with E-state index in [0.29, 0.717) is 41.8 Å². The van der Waals surface area contributed by atoms with Crippen molar-refractivity contribution < 1.29 is 14.3 Å². The van der Waals surface area contributed by atoms with E-state index in [4.69, 9.17) is 4.74 Å². The Balaban J connectivity index is 1.57. The number of amides is 2. The van der Waals surface area contributed by atoms with Gasteiger partial charge in [-0.2, -0.15) is 0 Å². The van der Waals surface area contributed by atoms with Crippen LogP contribution in [0.4, 0.5) is 5.69 Å². The van der Waals surface area contributed by atoms with Crippen LogP contribution in [0, 0.1) is 20.8 Å². The molecular formula is C26H31N5O3S. The van der Waals surface area contributed by atoms with Crippen molar-refractivity contribution in [1.82, 2.24) is 20.1 Å². The molecule has 0 aliphatic carbocycles. The van der Waals surface area contributed by atoms with E-state index in [1.807, 2.05) is 25.3 Å². The van der Waals surface area contributed by atoms with Gasteiger partial charge in [-0.15, -0.1) is 16.8 Å². The second-order valence-corrected chi connectivity index (χ2v) is 9.09. The quantitative estimate of drug-likeness (QED) is 0.308. The van der Waals surface area contributed by atoms with Crippen LogP contribution in [-0.4, -0.2) is 46.0 Å². The molecule has 2 N–H and O–H groups in total. The average Bonchev–Trinajstić information content (AvgIpc) is 3.21. The van der Waals surface area contributed by atoms with Gasteiger partial charge < -0.3 is 19.9 Å². The number of allylic oxidation sites excluding steroid dienone is 1. The van der Waals surface area contributed by atoms with Crippen molar-refractivity contribution in [1.29, 1.82) is 0 Å². The Hall–Kier alpha value is -3.59. The molecule has 3 rings (SSSR count). The number of aromatic nitrogens is 3. The molecule has 0 fully saturated rings. The summed E-state index contributed by atoms with van der Waals surface area (Å²) < 4.78 is 7.03. The second kappa shape index (κ2) is 12.2. The first-order chi connectivity index (χ1) is 16.8. The third-order valence-electron chi connectivity index (χ3n) is 5.37. The number of carbonyl (C=O) groups excluding carboxylic acids is 2. The van der Waals surface area contributed by atoms with Crippen LogP contribution < -0.4 is 15.4 Å². The Bertz CT molecular complexity index is 1180. The summed E-state index contributed by atoms with van der Waals surface area (Å²) >= 11 is 1.32. The van der Waals surface area contributed by atoms with Gasteiger partial charge in [0.1, 0.15) is 11.6 Å². The van der Waals surface area contributed by atoms with Crippen molar-refractivity contribution in [2.24, 2.45) is 0 Å². The van der Waals surface area contributed by atoms with Gasteiger partial charge in [0.05, 0.1) is 12.9 Å². The Morgan fingerprint density at radius 2 is 1.80 bits per heavy atom. The van der Waals surface area contributed by atoms with Gasteiger partial charge in [-0.1, -0.05) is 35.5 Å². The van der Waals surface area contributed by atoms with E-state index in [1.54, 1.807) is 37.5 Å². The van der Waals surface area contributed by atoms with E-state index < -0.39 is 0 Å². The summed E-state index contributed by atoms with van der Waals surface area (Å²) in [6.07, 6.45) is 2.25. The topological polar surface area (TPSA) is 98.1 Å². The molecule has 0 aliphatic heterocycles. The smallest absolute Gasteiger partial charge is 0.251 e. The van der Waals surface area contributed by atoms with E-state index in [2.05, 4.69) is 39.5 Å². The van der Waals surface area contributed by atoms with Crippen LogP contribution in [0.1, 0.15) is 32.9 Å². The highest BCUT2D eigenvalue weighted by Crippen LogP contribution is 2.23. The fourth-order valence-electron chi connectivity index (χ4n) is 3.74. The molecule has 35 heavy (non-hydrogen) atoms. The van der Waals surface area contributed by atoms with Gasteiger partial charge in [0.2, 0.25) is 5.91 Å². The van der Waals surface area contributed by atoms with E-state index in [0.717, 1.165) is 22.4 Å². The maximum Gasteiger partial charge on any atom is 0.251 e. The molecule has 0 aliphatic rings. The summed E-state index contributed by atoms with van der Waals surface area (Å²) in [7, 11) is 1.58. The normalized spacial score (nSPS) is 10.6. The van der Waals surface area contributed by atoms with Crippen molar-refractivity contribution >= 4 is 29.3 Å². The summed E-state index contributed by atoms with van der Waals surface area (Å²) in [6.45, 7) is 10.7. The summed E-state index contributed by atoms with van der Waals surface area (Å²) in [4.78, 5) is 25.0.